The van der Waals surface area contributed by atoms with Gasteiger partial charge in [-0.05, 0) is 46.2 Å². The topological polar surface area (TPSA) is 9.23 Å². The van der Waals surface area contributed by atoms with Crippen molar-refractivity contribution < 1.29 is 4.74 Å². The molecule has 0 bridgehead atoms. The van der Waals surface area contributed by atoms with Crippen molar-refractivity contribution in [2.75, 3.05) is 7.11 Å². The second kappa shape index (κ2) is 4.37. The van der Waals surface area contributed by atoms with Gasteiger partial charge >= 0.3 is 0 Å². The highest BCUT2D eigenvalue weighted by atomic mass is 127. The van der Waals surface area contributed by atoms with Crippen molar-refractivity contribution in [2.45, 2.75) is 5.33 Å². The van der Waals surface area contributed by atoms with Gasteiger partial charge in [0.1, 0.15) is 5.75 Å². The molecule has 14 heavy (non-hydrogen) atoms. The number of alkyl halides is 1. The second-order valence-electron chi connectivity index (χ2n) is 2.87. The molecule has 0 aliphatic carbocycles. The normalized spacial score (nSPS) is 10.8. The van der Waals surface area contributed by atoms with Crippen LogP contribution in [0.2, 0.25) is 0 Å². The number of methoxy groups -OCH3 is 1. The molecule has 0 fully saturated rings. The summed E-state index contributed by atoms with van der Waals surface area (Å²) in [4.78, 5) is 1.35. The fourth-order valence-corrected chi connectivity index (χ4v) is 3.66. The van der Waals surface area contributed by atoms with Crippen LogP contribution in [0.3, 0.4) is 0 Å². The maximum Gasteiger partial charge on any atom is 0.132 e. The minimum Gasteiger partial charge on any atom is -0.496 e. The molecular formula is C10H8BrIOS. The number of thiophene rings is 1. The lowest BCUT2D eigenvalue weighted by molar-refractivity contribution is 0.412. The van der Waals surface area contributed by atoms with E-state index in [1.165, 1.54) is 18.5 Å². The molecule has 2 rings (SSSR count). The first kappa shape index (κ1) is 10.7. The van der Waals surface area contributed by atoms with Crippen LogP contribution < -0.4 is 4.74 Å². The first-order valence-corrected chi connectivity index (χ1v) is 7.08. The van der Waals surface area contributed by atoms with Gasteiger partial charge in [-0.3, -0.25) is 0 Å². The van der Waals surface area contributed by atoms with E-state index >= 15 is 0 Å². The van der Waals surface area contributed by atoms with Gasteiger partial charge in [0.25, 0.3) is 0 Å². The van der Waals surface area contributed by atoms with E-state index in [1.807, 2.05) is 11.3 Å². The largest absolute Gasteiger partial charge is 0.496 e. The first-order chi connectivity index (χ1) is 6.74. The summed E-state index contributed by atoms with van der Waals surface area (Å²) in [7, 11) is 1.71. The van der Waals surface area contributed by atoms with Crippen LogP contribution in [-0.4, -0.2) is 7.11 Å². The Bertz CT molecular complexity index is 466. The van der Waals surface area contributed by atoms with Crippen LogP contribution in [0.25, 0.3) is 10.1 Å². The summed E-state index contributed by atoms with van der Waals surface area (Å²) in [5.41, 5.74) is 0. The Kier molecular flexibility index (Phi) is 3.34. The van der Waals surface area contributed by atoms with Crippen LogP contribution in [-0.2, 0) is 5.33 Å². The molecule has 0 saturated carbocycles. The summed E-state index contributed by atoms with van der Waals surface area (Å²) >= 11 is 7.59. The molecule has 0 aliphatic rings. The molecule has 1 heterocycles. The zero-order chi connectivity index (χ0) is 10.1. The Morgan fingerprint density at radius 2 is 2.21 bits per heavy atom. The van der Waals surface area contributed by atoms with Crippen LogP contribution >= 0.6 is 49.9 Å². The molecule has 1 nitrogen and oxygen atoms in total. The summed E-state index contributed by atoms with van der Waals surface area (Å²) in [5, 5.41) is 2.19. The summed E-state index contributed by atoms with van der Waals surface area (Å²) < 4.78 is 7.77. The third-order valence-corrected chi connectivity index (χ3v) is 4.89. The molecule has 0 N–H and O–H groups in total. The highest BCUT2D eigenvalue weighted by Gasteiger charge is 2.06. The number of benzene rings is 1. The van der Waals surface area contributed by atoms with Gasteiger partial charge in [0, 0.05) is 14.9 Å². The summed E-state index contributed by atoms with van der Waals surface area (Å²) in [5.74, 6) is 0.956. The summed E-state index contributed by atoms with van der Waals surface area (Å²) in [6.45, 7) is 0. The van der Waals surface area contributed by atoms with E-state index in [-0.39, 0.29) is 0 Å². The lowest BCUT2D eigenvalue weighted by atomic mass is 10.2. The van der Waals surface area contributed by atoms with Crippen molar-refractivity contribution in [1.29, 1.82) is 0 Å². The van der Waals surface area contributed by atoms with Crippen molar-refractivity contribution in [3.63, 3.8) is 0 Å². The van der Waals surface area contributed by atoms with Crippen molar-refractivity contribution in [3.05, 3.63) is 26.6 Å². The number of hydrogen-bond donors (Lipinski definition) is 0. The van der Waals surface area contributed by atoms with Crippen molar-refractivity contribution >= 4 is 59.9 Å². The SMILES string of the molecule is COc1cc2cc(CBr)sc2cc1I. The van der Waals surface area contributed by atoms with Gasteiger partial charge in [0.2, 0.25) is 0 Å². The molecular weight excluding hydrogens is 375 g/mol. The number of hydrogen-bond acceptors (Lipinski definition) is 2. The molecule has 2 aromatic rings. The second-order valence-corrected chi connectivity index (χ2v) is 5.76. The van der Waals surface area contributed by atoms with Gasteiger partial charge in [-0.2, -0.15) is 0 Å². The third kappa shape index (κ3) is 1.92. The van der Waals surface area contributed by atoms with E-state index < -0.39 is 0 Å². The number of rotatable bonds is 2. The molecule has 0 aliphatic heterocycles. The summed E-state index contributed by atoms with van der Waals surface area (Å²) in [6, 6.07) is 6.47. The van der Waals surface area contributed by atoms with E-state index in [2.05, 4.69) is 56.7 Å². The fourth-order valence-electron chi connectivity index (χ4n) is 1.32. The molecule has 0 atom stereocenters. The average Bonchev–Trinajstić information content (AvgIpc) is 2.58. The Balaban J connectivity index is 2.64. The van der Waals surface area contributed by atoms with Crippen LogP contribution in [0.5, 0.6) is 5.75 Å². The van der Waals surface area contributed by atoms with E-state index in [1.54, 1.807) is 7.11 Å². The monoisotopic (exact) mass is 382 g/mol. The molecule has 0 radical (unpaired) electrons. The Hall–Kier alpha value is 0.190. The van der Waals surface area contributed by atoms with E-state index in [9.17, 15) is 0 Å². The van der Waals surface area contributed by atoms with Crippen LogP contribution in [0.4, 0.5) is 0 Å². The fraction of sp³-hybridized carbons (Fsp3) is 0.200. The highest BCUT2D eigenvalue weighted by Crippen LogP contribution is 2.33. The Morgan fingerprint density at radius 3 is 2.86 bits per heavy atom. The van der Waals surface area contributed by atoms with Crippen LogP contribution in [0.1, 0.15) is 4.88 Å². The predicted molar refractivity (Wildman–Crippen MR) is 73.7 cm³/mol. The average molecular weight is 383 g/mol. The van der Waals surface area contributed by atoms with Gasteiger partial charge in [-0.25, -0.2) is 0 Å². The van der Waals surface area contributed by atoms with E-state index in [4.69, 9.17) is 4.74 Å². The van der Waals surface area contributed by atoms with Gasteiger partial charge < -0.3 is 4.74 Å². The maximum absolute atomic E-state index is 5.28. The molecule has 1 aromatic heterocycles. The molecule has 1 aromatic carbocycles. The molecule has 4 heteroatoms. The molecule has 0 amide bonds. The zero-order valence-electron chi connectivity index (χ0n) is 7.51. The van der Waals surface area contributed by atoms with E-state index in [0.717, 1.165) is 11.1 Å². The smallest absolute Gasteiger partial charge is 0.132 e. The van der Waals surface area contributed by atoms with Gasteiger partial charge in [0.15, 0.2) is 0 Å². The first-order valence-electron chi connectivity index (χ1n) is 4.06. The minimum atomic E-state index is 0.922. The van der Waals surface area contributed by atoms with Crippen LogP contribution in [0, 0.1) is 3.57 Å². The lowest BCUT2D eigenvalue weighted by Gasteiger charge is -2.01. The third-order valence-electron chi connectivity index (χ3n) is 1.97. The predicted octanol–water partition coefficient (Wildman–Crippen LogP) is 4.41. The lowest BCUT2D eigenvalue weighted by Crippen LogP contribution is -1.85. The zero-order valence-corrected chi connectivity index (χ0v) is 12.1. The Labute approximate surface area is 109 Å². The molecule has 74 valence electrons. The number of halogens is 2. The molecule has 0 saturated heterocycles. The van der Waals surface area contributed by atoms with Gasteiger partial charge in [-0.15, -0.1) is 11.3 Å². The quantitative estimate of drug-likeness (QED) is 0.552. The van der Waals surface area contributed by atoms with Crippen molar-refractivity contribution in [1.82, 2.24) is 0 Å². The Morgan fingerprint density at radius 1 is 1.43 bits per heavy atom. The minimum absolute atomic E-state index is 0.922. The standard InChI is InChI=1S/C10H8BrIOS/c1-13-9-3-6-2-7(5-11)14-10(6)4-8(9)12/h2-4H,5H2,1H3. The van der Waals surface area contributed by atoms with Gasteiger partial charge in [0.05, 0.1) is 10.7 Å². The highest BCUT2D eigenvalue weighted by molar-refractivity contribution is 14.1. The molecule has 0 unspecified atom stereocenters. The number of ether oxygens (including phenoxy) is 1. The van der Waals surface area contributed by atoms with Gasteiger partial charge in [-0.1, -0.05) is 15.9 Å². The number of fused-ring (bicyclic) bond motifs is 1. The van der Waals surface area contributed by atoms with Crippen molar-refractivity contribution in [2.24, 2.45) is 0 Å². The molecule has 0 spiro atoms. The maximum atomic E-state index is 5.28. The summed E-state index contributed by atoms with van der Waals surface area (Å²) in [6.07, 6.45) is 0. The van der Waals surface area contributed by atoms with E-state index in [0.29, 0.717) is 0 Å². The van der Waals surface area contributed by atoms with Crippen LogP contribution in [0.15, 0.2) is 18.2 Å². The van der Waals surface area contributed by atoms with Crippen molar-refractivity contribution in [3.8, 4) is 5.75 Å².